The van der Waals surface area contributed by atoms with E-state index >= 15 is 0 Å². The van der Waals surface area contributed by atoms with Crippen LogP contribution >= 0.6 is 20.1 Å². The van der Waals surface area contributed by atoms with Crippen LogP contribution < -0.4 is 4.90 Å². The number of hydrogen-bond acceptors (Lipinski definition) is 1. The van der Waals surface area contributed by atoms with Crippen molar-refractivity contribution in [2.45, 2.75) is 53.0 Å². The highest BCUT2D eigenvalue weighted by atomic mass is 32.3. The highest BCUT2D eigenvalue weighted by Crippen LogP contribution is 2.75. The van der Waals surface area contributed by atoms with E-state index in [1.807, 2.05) is 0 Å². The van der Waals surface area contributed by atoms with Gasteiger partial charge in [-0.2, -0.15) is 0 Å². The lowest BCUT2D eigenvalue weighted by Crippen LogP contribution is -2.10. The van der Waals surface area contributed by atoms with Crippen molar-refractivity contribution >= 4 is 58.9 Å². The number of fused-ring (bicyclic) bond motifs is 3. The predicted molar refractivity (Wildman–Crippen MR) is 305 cm³/mol. The molecule has 0 aliphatic heterocycles. The zero-order chi connectivity index (χ0) is 48.5. The molecule has 11 aromatic carbocycles. The van der Waals surface area contributed by atoms with Crippen molar-refractivity contribution in [3.63, 3.8) is 0 Å². The monoisotopic (exact) mass is 962 g/mol. The first-order chi connectivity index (χ1) is 35.5. The molecule has 1 aromatic heterocycles. The number of hydrogen-bond donors (Lipinski definition) is 0. The summed E-state index contributed by atoms with van der Waals surface area (Å²) in [7, 11) is -3.95. The number of aromatic nitrogens is 1. The Balaban J connectivity index is 1.15. The normalized spacial score (nSPS) is 12.2. The van der Waals surface area contributed by atoms with Crippen LogP contribution in [0.3, 0.4) is 0 Å². The highest BCUT2D eigenvalue weighted by Gasteiger charge is 2.36. The van der Waals surface area contributed by atoms with Crippen molar-refractivity contribution in [2.24, 2.45) is 0 Å². The van der Waals surface area contributed by atoms with Gasteiger partial charge in [0.25, 0.3) is 0 Å². The Labute approximate surface area is 426 Å². The van der Waals surface area contributed by atoms with E-state index < -0.39 is 20.1 Å². The molecule has 0 N–H and O–H groups in total. The van der Waals surface area contributed by atoms with E-state index in [9.17, 15) is 0 Å². The van der Waals surface area contributed by atoms with E-state index in [1.54, 1.807) is 0 Å². The molecular formula is C68H54N2S2. The predicted octanol–water partition coefficient (Wildman–Crippen LogP) is 19.6. The van der Waals surface area contributed by atoms with Gasteiger partial charge in [-0.3, -0.25) is 0 Å². The second-order valence-corrected chi connectivity index (χ2v) is 24.5. The first-order valence-corrected chi connectivity index (χ1v) is 27.9. The Kier molecular flexibility index (Phi) is 11.9. The standard InChI is InChI=1S/C68H54N2S2/c1-51-33-37-53(38-34-51)69(54-39-35-52(2)36-40-54)55-41-43-56(44-42-55)70-67-47-45-63(71(57-21-9-3-10-22-57,58-23-11-4-12-24-58)59-25-13-5-14-26-59)49-65(67)66-50-64(46-48-68(66)70)72(60-27-15-6-16-28-60,61-29-17-7-18-30-61)62-31-19-8-20-32-62/h3-50H,1-2H3. The van der Waals surface area contributed by atoms with Gasteiger partial charge in [0.15, 0.2) is 0 Å². The van der Waals surface area contributed by atoms with E-state index in [-0.39, 0.29) is 0 Å². The van der Waals surface area contributed by atoms with Crippen LogP contribution in [0.4, 0.5) is 17.1 Å². The third kappa shape index (κ3) is 7.72. The number of benzene rings is 11. The first-order valence-electron chi connectivity index (χ1n) is 24.6. The molecule has 0 fully saturated rings. The fourth-order valence-corrected chi connectivity index (χ4v) is 18.4. The number of aryl methyl sites for hydroxylation is 2. The van der Waals surface area contributed by atoms with Crippen LogP contribution in [0.5, 0.6) is 0 Å². The van der Waals surface area contributed by atoms with Crippen molar-refractivity contribution in [3.8, 4) is 5.69 Å². The molecule has 348 valence electrons. The zero-order valence-corrected chi connectivity index (χ0v) is 42.1. The maximum atomic E-state index is 2.54. The van der Waals surface area contributed by atoms with Gasteiger partial charge in [0, 0.05) is 72.7 Å². The van der Waals surface area contributed by atoms with Gasteiger partial charge >= 0.3 is 0 Å². The van der Waals surface area contributed by atoms with Gasteiger partial charge in [0.1, 0.15) is 0 Å². The molecule has 0 aliphatic carbocycles. The minimum atomic E-state index is -1.98. The van der Waals surface area contributed by atoms with Crippen molar-refractivity contribution < 1.29 is 0 Å². The summed E-state index contributed by atoms with van der Waals surface area (Å²) < 4.78 is 2.49. The van der Waals surface area contributed by atoms with Crippen LogP contribution in [0.2, 0.25) is 0 Å². The molecule has 0 spiro atoms. The number of nitrogens with zero attached hydrogens (tertiary/aromatic N) is 2. The van der Waals surface area contributed by atoms with E-state index in [0.29, 0.717) is 0 Å². The summed E-state index contributed by atoms with van der Waals surface area (Å²) in [6, 6.07) is 109. The summed E-state index contributed by atoms with van der Waals surface area (Å²) >= 11 is 0. The molecule has 0 unspecified atom stereocenters. The summed E-state index contributed by atoms with van der Waals surface area (Å²) in [5, 5.41) is 2.44. The van der Waals surface area contributed by atoms with Gasteiger partial charge in [-0.25, -0.2) is 0 Å². The quantitative estimate of drug-likeness (QED) is 0.118. The third-order valence-corrected chi connectivity index (χ3v) is 21.7. The second kappa shape index (κ2) is 19.1. The Morgan fingerprint density at radius 2 is 0.528 bits per heavy atom. The fraction of sp³-hybridized carbons (Fsp3) is 0.0294. The molecule has 72 heavy (non-hydrogen) atoms. The Hall–Kier alpha value is -8.28. The summed E-state index contributed by atoms with van der Waals surface area (Å²) in [5.41, 5.74) is 9.24. The lowest BCUT2D eigenvalue weighted by atomic mass is 10.1. The van der Waals surface area contributed by atoms with Crippen LogP contribution in [0.25, 0.3) is 27.5 Å². The first kappa shape index (κ1) is 44.9. The lowest BCUT2D eigenvalue weighted by Gasteiger charge is -2.42. The fourth-order valence-electron chi connectivity index (χ4n) is 10.6. The Morgan fingerprint density at radius 1 is 0.264 bits per heavy atom. The molecule has 0 radical (unpaired) electrons. The van der Waals surface area contributed by atoms with E-state index in [0.717, 1.165) is 33.8 Å². The van der Waals surface area contributed by atoms with Crippen molar-refractivity contribution in [3.05, 3.63) is 302 Å². The molecule has 0 aliphatic rings. The van der Waals surface area contributed by atoms with Crippen molar-refractivity contribution in [2.75, 3.05) is 4.90 Å². The van der Waals surface area contributed by atoms with E-state index in [1.165, 1.54) is 61.1 Å². The SMILES string of the molecule is Cc1ccc(N(c2ccc(C)cc2)c2ccc(-n3c4ccc(S(c5ccccc5)(c5ccccc5)c5ccccc5)cc4c4cc(S(c5ccccc5)(c5ccccc5)c5ccccc5)ccc43)cc2)cc1. The smallest absolute Gasteiger partial charge is 0.0541 e. The molecule has 12 rings (SSSR count). The maximum Gasteiger partial charge on any atom is 0.0541 e. The Bertz CT molecular complexity index is 3350. The second-order valence-electron chi connectivity index (χ2n) is 18.3. The summed E-state index contributed by atoms with van der Waals surface area (Å²) in [6.45, 7) is 4.29. The van der Waals surface area contributed by atoms with Gasteiger partial charge in [-0.15, -0.1) is 20.1 Å². The van der Waals surface area contributed by atoms with Crippen molar-refractivity contribution in [1.82, 2.24) is 4.57 Å². The molecule has 0 amide bonds. The minimum Gasteiger partial charge on any atom is -0.311 e. The highest BCUT2D eigenvalue weighted by molar-refractivity contribution is 8.34. The number of rotatable bonds is 12. The molecule has 0 atom stereocenters. The molecule has 1 heterocycles. The molecule has 0 saturated carbocycles. The summed E-state index contributed by atoms with van der Waals surface area (Å²) in [4.78, 5) is 12.7. The van der Waals surface area contributed by atoms with Crippen LogP contribution in [0.1, 0.15) is 11.1 Å². The average Bonchev–Trinajstić information content (AvgIpc) is 3.78. The van der Waals surface area contributed by atoms with E-state index in [4.69, 9.17) is 0 Å². The van der Waals surface area contributed by atoms with Gasteiger partial charge in [0.2, 0.25) is 0 Å². The maximum absolute atomic E-state index is 2.54. The largest absolute Gasteiger partial charge is 0.311 e. The van der Waals surface area contributed by atoms with Crippen LogP contribution in [0, 0.1) is 13.8 Å². The molecule has 0 saturated heterocycles. The van der Waals surface area contributed by atoms with Crippen LogP contribution in [-0.4, -0.2) is 4.57 Å². The molecule has 0 bridgehead atoms. The molecule has 12 aromatic rings. The van der Waals surface area contributed by atoms with E-state index in [2.05, 4.69) is 315 Å². The van der Waals surface area contributed by atoms with Gasteiger partial charge in [0.05, 0.1) is 11.0 Å². The van der Waals surface area contributed by atoms with Gasteiger partial charge in [-0.1, -0.05) is 145 Å². The van der Waals surface area contributed by atoms with Gasteiger partial charge in [-0.05, 0) is 172 Å². The zero-order valence-electron chi connectivity index (χ0n) is 40.4. The van der Waals surface area contributed by atoms with Crippen LogP contribution in [0.15, 0.2) is 330 Å². The topological polar surface area (TPSA) is 8.17 Å². The molecular weight excluding hydrogens is 909 g/mol. The lowest BCUT2D eigenvalue weighted by molar-refractivity contribution is 1.17. The third-order valence-electron chi connectivity index (χ3n) is 13.9. The van der Waals surface area contributed by atoms with Crippen LogP contribution in [-0.2, 0) is 0 Å². The molecule has 4 heteroatoms. The van der Waals surface area contributed by atoms with Gasteiger partial charge < -0.3 is 9.47 Å². The minimum absolute atomic E-state index is 1.10. The molecule has 2 nitrogen and oxygen atoms in total. The number of anilines is 3. The Morgan fingerprint density at radius 3 is 0.806 bits per heavy atom. The summed E-state index contributed by atoms with van der Waals surface area (Å²) in [5.74, 6) is 0. The average molecular weight is 963 g/mol. The summed E-state index contributed by atoms with van der Waals surface area (Å²) in [6.07, 6.45) is 0. The van der Waals surface area contributed by atoms with Crippen molar-refractivity contribution in [1.29, 1.82) is 0 Å².